The molecular weight excluding hydrogens is 248 g/mol. The minimum Gasteiger partial charge on any atom is -0.284 e. The van der Waals surface area contributed by atoms with Gasteiger partial charge in [0, 0.05) is 18.0 Å². The van der Waals surface area contributed by atoms with E-state index in [2.05, 4.69) is 15.3 Å². The molecule has 3 heterocycles. The first-order valence-electron chi connectivity index (χ1n) is 6.39. The zero-order chi connectivity index (χ0) is 13.4. The van der Waals surface area contributed by atoms with Crippen LogP contribution in [0.1, 0.15) is 5.56 Å². The van der Waals surface area contributed by atoms with Gasteiger partial charge >= 0.3 is 0 Å². The molecule has 0 unspecified atom stereocenters. The molecule has 95 valence electrons. The molecule has 0 spiro atoms. The predicted molar refractivity (Wildman–Crippen MR) is 79.1 cm³/mol. The number of nitrogens with zero attached hydrogens (tertiary/aromatic N) is 4. The third-order valence-electron chi connectivity index (χ3n) is 3.27. The fraction of sp³-hybridized carbons (Fsp3) is 0. The van der Waals surface area contributed by atoms with Crippen LogP contribution in [0.25, 0.3) is 16.7 Å². The fourth-order valence-electron chi connectivity index (χ4n) is 2.29. The van der Waals surface area contributed by atoms with Gasteiger partial charge in [-0.25, -0.2) is 10.3 Å². The van der Waals surface area contributed by atoms with Crippen molar-refractivity contribution in [1.29, 1.82) is 0 Å². The summed E-state index contributed by atoms with van der Waals surface area (Å²) in [7, 11) is 0. The van der Waals surface area contributed by atoms with Crippen molar-refractivity contribution in [3.63, 3.8) is 0 Å². The Kier molecular flexibility index (Phi) is 2.39. The van der Waals surface area contributed by atoms with E-state index in [0.717, 1.165) is 22.3 Å². The van der Waals surface area contributed by atoms with Crippen LogP contribution < -0.4 is 5.32 Å². The average molecular weight is 259 g/mol. The van der Waals surface area contributed by atoms with Crippen molar-refractivity contribution in [3.05, 3.63) is 72.7 Å². The van der Waals surface area contributed by atoms with Crippen molar-refractivity contribution in [1.82, 2.24) is 14.9 Å². The van der Waals surface area contributed by atoms with E-state index in [-0.39, 0.29) is 0 Å². The molecule has 0 fully saturated rings. The van der Waals surface area contributed by atoms with E-state index >= 15 is 0 Å². The Morgan fingerprint density at radius 1 is 0.900 bits per heavy atom. The van der Waals surface area contributed by atoms with Gasteiger partial charge in [-0.05, 0) is 18.2 Å². The minimum atomic E-state index is 0.673. The van der Waals surface area contributed by atoms with Crippen molar-refractivity contribution >= 4 is 22.7 Å². The van der Waals surface area contributed by atoms with Crippen LogP contribution in [0.2, 0.25) is 0 Å². The van der Waals surface area contributed by atoms with Crippen LogP contribution in [-0.4, -0.2) is 15.5 Å². The Balaban J connectivity index is 1.75. The smallest absolute Gasteiger partial charge is 0.234 e. The lowest BCUT2D eigenvalue weighted by atomic mass is 10.2. The maximum absolute atomic E-state index is 4.60. The van der Waals surface area contributed by atoms with E-state index in [1.807, 2.05) is 59.3 Å². The summed E-state index contributed by atoms with van der Waals surface area (Å²) in [4.78, 5) is 8.91. The Bertz CT molecular complexity index is 828. The summed E-state index contributed by atoms with van der Waals surface area (Å²) < 4.78 is 1.95. The van der Waals surface area contributed by atoms with Crippen LogP contribution in [0.5, 0.6) is 0 Å². The number of aliphatic imine (C=N–C) groups is 1. The first kappa shape index (κ1) is 11.0. The zero-order valence-electron chi connectivity index (χ0n) is 10.6. The van der Waals surface area contributed by atoms with Gasteiger partial charge in [0.05, 0.1) is 22.9 Å². The van der Waals surface area contributed by atoms with Gasteiger partial charge in [-0.15, -0.1) is 0 Å². The van der Waals surface area contributed by atoms with Crippen LogP contribution in [-0.2, 0) is 0 Å². The highest BCUT2D eigenvalue weighted by molar-refractivity contribution is 5.98. The monoisotopic (exact) mass is 259 g/mol. The fourth-order valence-corrected chi connectivity index (χ4v) is 2.29. The van der Waals surface area contributed by atoms with E-state index in [9.17, 15) is 0 Å². The van der Waals surface area contributed by atoms with Gasteiger partial charge in [-0.3, -0.25) is 9.55 Å². The molecule has 0 saturated carbocycles. The molecule has 0 aliphatic carbocycles. The maximum Gasteiger partial charge on any atom is 0.234 e. The molecule has 0 saturated heterocycles. The Morgan fingerprint density at radius 3 is 2.70 bits per heavy atom. The van der Waals surface area contributed by atoms with Crippen molar-refractivity contribution in [3.8, 4) is 0 Å². The number of aromatic nitrogens is 2. The van der Waals surface area contributed by atoms with Gasteiger partial charge in [0.15, 0.2) is 0 Å². The molecule has 2 aromatic heterocycles. The van der Waals surface area contributed by atoms with Gasteiger partial charge in [-0.2, -0.15) is 0 Å². The summed E-state index contributed by atoms with van der Waals surface area (Å²) in [5.41, 5.74) is 3.91. The van der Waals surface area contributed by atoms with Gasteiger partial charge < -0.3 is 0 Å². The topological polar surface area (TPSA) is 44.3 Å². The second-order valence-electron chi connectivity index (χ2n) is 4.51. The average Bonchev–Trinajstić information content (AvgIpc) is 3.14. The van der Waals surface area contributed by atoms with Gasteiger partial charge in [0.2, 0.25) is 5.96 Å². The van der Waals surface area contributed by atoms with Gasteiger partial charge in [0.1, 0.15) is 0 Å². The molecule has 20 heavy (non-hydrogen) atoms. The van der Waals surface area contributed by atoms with E-state index in [1.165, 1.54) is 0 Å². The molecule has 0 N–H and O–H groups in total. The number of pyridine rings is 1. The summed E-state index contributed by atoms with van der Waals surface area (Å²) >= 11 is 0. The number of hydrogen-bond donors (Lipinski definition) is 0. The highest BCUT2D eigenvalue weighted by Crippen LogP contribution is 2.21. The lowest BCUT2D eigenvalue weighted by Crippen LogP contribution is -2.16. The molecule has 1 aromatic carbocycles. The SMILES string of the molecule is C1=C(c2ccccc2)N=C(n2ccc3ncccc32)[N]1. The van der Waals surface area contributed by atoms with Gasteiger partial charge in [-0.1, -0.05) is 30.3 Å². The predicted octanol–water partition coefficient (Wildman–Crippen LogP) is 2.86. The molecule has 1 aliphatic heterocycles. The molecular formula is C16H11N4. The standard InChI is InChI=1S/C16H11N4/c1-2-5-12(6-3-1)14-11-18-16(19-14)20-10-8-13-15(20)7-4-9-17-13/h1-11H. The molecule has 1 radical (unpaired) electrons. The van der Waals surface area contributed by atoms with Crippen LogP contribution in [0, 0.1) is 0 Å². The van der Waals surface area contributed by atoms with Crippen LogP contribution >= 0.6 is 0 Å². The molecule has 4 heteroatoms. The van der Waals surface area contributed by atoms with E-state index in [1.54, 1.807) is 12.4 Å². The van der Waals surface area contributed by atoms with Crippen molar-refractivity contribution in [2.24, 2.45) is 4.99 Å². The van der Waals surface area contributed by atoms with Crippen molar-refractivity contribution < 1.29 is 0 Å². The summed E-state index contributed by atoms with van der Waals surface area (Å²) in [5.74, 6) is 0.673. The lowest BCUT2D eigenvalue weighted by Gasteiger charge is -2.02. The molecule has 0 bridgehead atoms. The van der Waals surface area contributed by atoms with Crippen molar-refractivity contribution in [2.75, 3.05) is 0 Å². The first-order valence-corrected chi connectivity index (χ1v) is 6.39. The Morgan fingerprint density at radius 2 is 1.80 bits per heavy atom. The first-order chi connectivity index (χ1) is 9.92. The third kappa shape index (κ3) is 1.70. The second-order valence-corrected chi connectivity index (χ2v) is 4.51. The molecule has 1 aliphatic rings. The van der Waals surface area contributed by atoms with E-state index in [4.69, 9.17) is 0 Å². The van der Waals surface area contributed by atoms with Crippen LogP contribution in [0.4, 0.5) is 0 Å². The van der Waals surface area contributed by atoms with Crippen LogP contribution in [0.3, 0.4) is 0 Å². The second kappa shape index (κ2) is 4.35. The zero-order valence-corrected chi connectivity index (χ0v) is 10.6. The summed E-state index contributed by atoms with van der Waals surface area (Å²) in [6.45, 7) is 0. The Hall–Kier alpha value is -2.88. The highest BCUT2D eigenvalue weighted by atomic mass is 15.2. The largest absolute Gasteiger partial charge is 0.284 e. The molecule has 0 atom stereocenters. The maximum atomic E-state index is 4.60. The molecule has 4 rings (SSSR count). The minimum absolute atomic E-state index is 0.673. The van der Waals surface area contributed by atoms with Crippen LogP contribution in [0.15, 0.2) is 72.1 Å². The van der Waals surface area contributed by atoms with Gasteiger partial charge in [0.25, 0.3) is 0 Å². The summed E-state index contributed by atoms with van der Waals surface area (Å²) in [6, 6.07) is 15.9. The summed E-state index contributed by atoms with van der Waals surface area (Å²) in [6.07, 6.45) is 5.53. The lowest BCUT2D eigenvalue weighted by molar-refractivity contribution is 1.10. The van der Waals surface area contributed by atoms with E-state index < -0.39 is 0 Å². The van der Waals surface area contributed by atoms with Crippen molar-refractivity contribution in [2.45, 2.75) is 0 Å². The molecule has 4 nitrogen and oxygen atoms in total. The Labute approximate surface area is 116 Å². The quantitative estimate of drug-likeness (QED) is 0.662. The summed E-state index contributed by atoms with van der Waals surface area (Å²) in [5, 5.41) is 4.41. The third-order valence-corrected chi connectivity index (χ3v) is 3.27. The highest BCUT2D eigenvalue weighted by Gasteiger charge is 2.14. The molecule has 0 amide bonds. The number of fused-ring (bicyclic) bond motifs is 1. The normalized spacial score (nSPS) is 14.0. The van der Waals surface area contributed by atoms with E-state index in [0.29, 0.717) is 5.96 Å². The number of rotatable bonds is 1. The number of hydrogen-bond acceptors (Lipinski definition) is 2. The number of benzene rings is 1. The molecule has 3 aromatic rings.